The first-order valence-electron chi connectivity index (χ1n) is 4.38. The van der Waals surface area contributed by atoms with Crippen LogP contribution >= 0.6 is 0 Å². The maximum atomic E-state index is 12.3. The number of alkyl halides is 1. The molecule has 4 nitrogen and oxygen atoms in total. The monoisotopic (exact) mass is 199 g/mol. The highest BCUT2D eigenvalue weighted by Crippen LogP contribution is 1.94. The van der Waals surface area contributed by atoms with E-state index in [0.29, 0.717) is 6.54 Å². The molecular weight excluding hydrogens is 185 g/mol. The molecule has 78 valence electrons. The SMILES string of the molecule is CC(C)=CCn1nc(CF)n(C)c1=O. The first-order chi connectivity index (χ1) is 6.56. The Labute approximate surface area is 81.7 Å². The summed E-state index contributed by atoms with van der Waals surface area (Å²) in [5, 5.41) is 3.85. The molecule has 5 heteroatoms. The van der Waals surface area contributed by atoms with Crippen molar-refractivity contribution in [2.45, 2.75) is 27.1 Å². The van der Waals surface area contributed by atoms with E-state index in [1.165, 1.54) is 16.3 Å². The maximum Gasteiger partial charge on any atom is 0.346 e. The summed E-state index contributed by atoms with van der Waals surface area (Å²) in [5.41, 5.74) is 0.819. The number of halogens is 1. The van der Waals surface area contributed by atoms with Crippen molar-refractivity contribution in [3.05, 3.63) is 28.0 Å². The lowest BCUT2D eigenvalue weighted by Gasteiger charge is -1.92. The number of aromatic nitrogens is 3. The zero-order valence-electron chi connectivity index (χ0n) is 8.62. The summed E-state index contributed by atoms with van der Waals surface area (Å²) in [6, 6.07) is 0. The van der Waals surface area contributed by atoms with Gasteiger partial charge in [-0.1, -0.05) is 11.6 Å². The number of allylic oxidation sites excluding steroid dienone is 2. The number of rotatable bonds is 3. The lowest BCUT2D eigenvalue weighted by atomic mass is 10.3. The zero-order chi connectivity index (χ0) is 10.7. The molecule has 0 unspecified atom stereocenters. The molecule has 0 aromatic carbocycles. The van der Waals surface area contributed by atoms with Gasteiger partial charge in [-0.2, -0.15) is 5.10 Å². The topological polar surface area (TPSA) is 39.8 Å². The first-order valence-corrected chi connectivity index (χ1v) is 4.38. The predicted octanol–water partition coefficient (Wildman–Crippen LogP) is 1.02. The van der Waals surface area contributed by atoms with Crippen LogP contribution < -0.4 is 5.69 Å². The van der Waals surface area contributed by atoms with Gasteiger partial charge in [-0.05, 0) is 13.8 Å². The third-order valence-electron chi connectivity index (χ3n) is 1.92. The van der Waals surface area contributed by atoms with Gasteiger partial charge in [0.15, 0.2) is 5.82 Å². The van der Waals surface area contributed by atoms with Crippen LogP contribution in [0.3, 0.4) is 0 Å². The minimum atomic E-state index is -0.715. The quantitative estimate of drug-likeness (QED) is 0.682. The van der Waals surface area contributed by atoms with Crippen molar-refractivity contribution in [1.82, 2.24) is 14.3 Å². The highest BCUT2D eigenvalue weighted by molar-refractivity contribution is 4.94. The van der Waals surface area contributed by atoms with Crippen molar-refractivity contribution < 1.29 is 4.39 Å². The molecule has 0 spiro atoms. The lowest BCUT2D eigenvalue weighted by Crippen LogP contribution is -2.22. The highest BCUT2D eigenvalue weighted by Gasteiger charge is 2.07. The average Bonchev–Trinajstić information content (AvgIpc) is 2.41. The maximum absolute atomic E-state index is 12.3. The second-order valence-corrected chi connectivity index (χ2v) is 3.36. The van der Waals surface area contributed by atoms with Crippen molar-refractivity contribution in [2.75, 3.05) is 0 Å². The van der Waals surface area contributed by atoms with Crippen molar-refractivity contribution >= 4 is 0 Å². The molecule has 0 N–H and O–H groups in total. The minimum Gasteiger partial charge on any atom is -0.280 e. The van der Waals surface area contributed by atoms with Gasteiger partial charge >= 0.3 is 5.69 Å². The van der Waals surface area contributed by atoms with E-state index >= 15 is 0 Å². The van der Waals surface area contributed by atoms with Crippen LogP contribution in [-0.2, 0) is 20.3 Å². The zero-order valence-corrected chi connectivity index (χ0v) is 8.62. The molecule has 1 heterocycles. The van der Waals surface area contributed by atoms with Gasteiger partial charge in [0.05, 0.1) is 6.54 Å². The van der Waals surface area contributed by atoms with E-state index in [2.05, 4.69) is 5.10 Å². The fourth-order valence-corrected chi connectivity index (χ4v) is 1.04. The molecule has 0 radical (unpaired) electrons. The van der Waals surface area contributed by atoms with Crippen molar-refractivity contribution in [3.63, 3.8) is 0 Å². The van der Waals surface area contributed by atoms with Gasteiger partial charge in [0.2, 0.25) is 0 Å². The molecule has 0 saturated heterocycles. The summed E-state index contributed by atoms with van der Waals surface area (Å²) in [5.74, 6) is 0.164. The fraction of sp³-hybridized carbons (Fsp3) is 0.556. The third kappa shape index (κ3) is 2.10. The summed E-state index contributed by atoms with van der Waals surface area (Å²) >= 11 is 0. The molecule has 1 rings (SSSR count). The largest absolute Gasteiger partial charge is 0.346 e. The summed E-state index contributed by atoms with van der Waals surface area (Å²) in [6.45, 7) is 3.55. The van der Waals surface area contributed by atoms with Crippen molar-refractivity contribution in [2.24, 2.45) is 7.05 Å². The van der Waals surface area contributed by atoms with Crippen LogP contribution in [0.1, 0.15) is 19.7 Å². The summed E-state index contributed by atoms with van der Waals surface area (Å²) in [6.07, 6.45) is 1.87. The molecule has 0 atom stereocenters. The van der Waals surface area contributed by atoms with Crippen LogP contribution in [0.5, 0.6) is 0 Å². The van der Waals surface area contributed by atoms with E-state index in [4.69, 9.17) is 0 Å². The molecule has 0 aliphatic heterocycles. The first kappa shape index (κ1) is 10.7. The average molecular weight is 199 g/mol. The Hall–Kier alpha value is -1.39. The second kappa shape index (κ2) is 4.21. The van der Waals surface area contributed by atoms with E-state index in [1.807, 2.05) is 19.9 Å². The van der Waals surface area contributed by atoms with Crippen LogP contribution in [-0.4, -0.2) is 14.3 Å². The molecule has 1 aromatic rings. The van der Waals surface area contributed by atoms with E-state index in [1.54, 1.807) is 0 Å². The van der Waals surface area contributed by atoms with Gasteiger partial charge in [0.1, 0.15) is 6.67 Å². The molecule has 14 heavy (non-hydrogen) atoms. The van der Waals surface area contributed by atoms with Crippen molar-refractivity contribution in [3.8, 4) is 0 Å². The highest BCUT2D eigenvalue weighted by atomic mass is 19.1. The fourth-order valence-electron chi connectivity index (χ4n) is 1.04. The van der Waals surface area contributed by atoms with Crippen LogP contribution in [0, 0.1) is 0 Å². The van der Waals surface area contributed by atoms with E-state index in [-0.39, 0.29) is 11.5 Å². The van der Waals surface area contributed by atoms with Gasteiger partial charge in [0, 0.05) is 7.05 Å². The Balaban J connectivity index is 3.00. The molecule has 0 aliphatic rings. The smallest absolute Gasteiger partial charge is 0.280 e. The standard InChI is InChI=1S/C9H14FN3O/c1-7(2)4-5-13-9(14)12(3)8(6-10)11-13/h4H,5-6H2,1-3H3. The van der Waals surface area contributed by atoms with Gasteiger partial charge in [-0.25, -0.2) is 13.9 Å². The predicted molar refractivity (Wildman–Crippen MR) is 51.7 cm³/mol. The Morgan fingerprint density at radius 1 is 1.57 bits per heavy atom. The minimum absolute atomic E-state index is 0.164. The van der Waals surface area contributed by atoms with Gasteiger partial charge in [-0.3, -0.25) is 4.57 Å². The van der Waals surface area contributed by atoms with Crippen LogP contribution in [0.2, 0.25) is 0 Å². The van der Waals surface area contributed by atoms with E-state index in [0.717, 1.165) is 5.57 Å². The van der Waals surface area contributed by atoms with Gasteiger partial charge < -0.3 is 0 Å². The number of hydrogen-bond donors (Lipinski definition) is 0. The normalized spacial score (nSPS) is 10.3. The Kier molecular flexibility index (Phi) is 3.22. The number of hydrogen-bond acceptors (Lipinski definition) is 2. The van der Waals surface area contributed by atoms with Gasteiger partial charge in [-0.15, -0.1) is 0 Å². The summed E-state index contributed by atoms with van der Waals surface area (Å²) < 4.78 is 14.8. The summed E-state index contributed by atoms with van der Waals surface area (Å²) in [7, 11) is 1.52. The van der Waals surface area contributed by atoms with Crippen LogP contribution in [0.15, 0.2) is 16.4 Å². The third-order valence-corrected chi connectivity index (χ3v) is 1.92. The van der Waals surface area contributed by atoms with E-state index in [9.17, 15) is 9.18 Å². The molecule has 0 fully saturated rings. The Morgan fingerprint density at radius 3 is 2.64 bits per heavy atom. The van der Waals surface area contributed by atoms with Crippen LogP contribution in [0.25, 0.3) is 0 Å². The molecule has 1 aromatic heterocycles. The lowest BCUT2D eigenvalue weighted by molar-refractivity contribution is 0.451. The Bertz CT molecular complexity index is 399. The second-order valence-electron chi connectivity index (χ2n) is 3.36. The molecule has 0 amide bonds. The van der Waals surface area contributed by atoms with Gasteiger partial charge in [0.25, 0.3) is 0 Å². The molecule has 0 bridgehead atoms. The molecule has 0 saturated carbocycles. The van der Waals surface area contributed by atoms with Crippen LogP contribution in [0.4, 0.5) is 4.39 Å². The van der Waals surface area contributed by atoms with Crippen molar-refractivity contribution in [1.29, 1.82) is 0 Å². The molecular formula is C9H14FN3O. The molecule has 0 aliphatic carbocycles. The number of nitrogens with zero attached hydrogens (tertiary/aromatic N) is 3. The van der Waals surface area contributed by atoms with E-state index < -0.39 is 6.67 Å². The Morgan fingerprint density at radius 2 is 2.21 bits per heavy atom. The summed E-state index contributed by atoms with van der Waals surface area (Å²) in [4.78, 5) is 11.4.